The minimum atomic E-state index is -3.13. The van der Waals surface area contributed by atoms with Crippen LogP contribution in [0.4, 0.5) is 4.39 Å². The molecular weight excluding hydrogens is 269 g/mol. The molecule has 1 aromatic rings. The number of hydrogen-bond donors (Lipinski definition) is 0. The van der Waals surface area contributed by atoms with E-state index in [-0.39, 0.29) is 11.6 Å². The zero-order valence-corrected chi connectivity index (χ0v) is 11.5. The lowest BCUT2D eigenvalue weighted by Gasteiger charge is -2.15. The molecule has 19 heavy (non-hydrogen) atoms. The minimum Gasteiger partial charge on any atom is -0.494 e. The molecule has 1 aliphatic heterocycles. The highest BCUT2D eigenvalue weighted by Gasteiger charge is 2.24. The predicted octanol–water partition coefficient (Wildman–Crippen LogP) is 2.02. The van der Waals surface area contributed by atoms with Gasteiger partial charge in [-0.1, -0.05) is 0 Å². The van der Waals surface area contributed by atoms with Gasteiger partial charge in [0.2, 0.25) is 10.0 Å². The minimum absolute atomic E-state index is 0.105. The highest BCUT2D eigenvalue weighted by Crippen LogP contribution is 2.15. The average Bonchev–Trinajstić information content (AvgIpc) is 2.91. The standard InChI is InChI=1S/C13H18FNO3S/c14-12-4-6-13(7-5-12)18-10-3-11-19(16,17)15-8-1-2-9-15/h4-7H,1-3,8-11H2. The maximum atomic E-state index is 12.7. The van der Waals surface area contributed by atoms with Crippen LogP contribution in [0.5, 0.6) is 5.75 Å². The number of sulfonamides is 1. The Morgan fingerprint density at radius 3 is 2.42 bits per heavy atom. The van der Waals surface area contributed by atoms with Gasteiger partial charge in [-0.25, -0.2) is 17.1 Å². The van der Waals surface area contributed by atoms with Gasteiger partial charge >= 0.3 is 0 Å². The van der Waals surface area contributed by atoms with Crippen LogP contribution in [0, 0.1) is 5.82 Å². The number of nitrogens with zero attached hydrogens (tertiary/aromatic N) is 1. The summed E-state index contributed by atoms with van der Waals surface area (Å²) in [7, 11) is -3.13. The summed E-state index contributed by atoms with van der Waals surface area (Å²) in [6.45, 7) is 1.60. The molecule has 1 saturated heterocycles. The number of rotatable bonds is 6. The molecule has 0 aromatic heterocycles. The quantitative estimate of drug-likeness (QED) is 0.752. The fraction of sp³-hybridized carbons (Fsp3) is 0.538. The van der Waals surface area contributed by atoms with E-state index in [9.17, 15) is 12.8 Å². The van der Waals surface area contributed by atoms with Crippen molar-refractivity contribution in [2.24, 2.45) is 0 Å². The third kappa shape index (κ3) is 4.18. The summed E-state index contributed by atoms with van der Waals surface area (Å²) in [4.78, 5) is 0. The second-order valence-electron chi connectivity index (χ2n) is 4.58. The van der Waals surface area contributed by atoms with Crippen LogP contribution < -0.4 is 4.74 Å². The van der Waals surface area contributed by atoms with Crippen LogP contribution in [-0.2, 0) is 10.0 Å². The van der Waals surface area contributed by atoms with Gasteiger partial charge in [-0.3, -0.25) is 0 Å². The van der Waals surface area contributed by atoms with E-state index < -0.39 is 10.0 Å². The Kier molecular flexibility index (Phi) is 4.76. The Morgan fingerprint density at radius 1 is 1.16 bits per heavy atom. The molecule has 1 aliphatic rings. The molecule has 0 bridgehead atoms. The summed E-state index contributed by atoms with van der Waals surface area (Å²) in [5, 5.41) is 0. The van der Waals surface area contributed by atoms with E-state index >= 15 is 0 Å². The molecule has 1 heterocycles. The lowest BCUT2D eigenvalue weighted by molar-refractivity contribution is 0.316. The summed E-state index contributed by atoms with van der Waals surface area (Å²) in [5.74, 6) is 0.345. The molecule has 2 rings (SSSR count). The first-order valence-electron chi connectivity index (χ1n) is 6.44. The van der Waals surface area contributed by atoms with E-state index in [4.69, 9.17) is 4.74 Å². The number of benzene rings is 1. The van der Waals surface area contributed by atoms with Crippen molar-refractivity contribution in [1.82, 2.24) is 4.31 Å². The van der Waals surface area contributed by atoms with Gasteiger partial charge in [-0.05, 0) is 43.5 Å². The second-order valence-corrected chi connectivity index (χ2v) is 6.67. The summed E-state index contributed by atoms with van der Waals surface area (Å²) in [6.07, 6.45) is 2.34. The molecule has 1 aromatic carbocycles. The van der Waals surface area contributed by atoms with E-state index in [1.54, 1.807) is 4.31 Å². The summed E-state index contributed by atoms with van der Waals surface area (Å²) in [6, 6.07) is 5.70. The van der Waals surface area contributed by atoms with Gasteiger partial charge in [0.1, 0.15) is 11.6 Å². The molecule has 0 spiro atoms. The normalized spacial score (nSPS) is 16.7. The maximum Gasteiger partial charge on any atom is 0.214 e. The summed E-state index contributed by atoms with van der Waals surface area (Å²) >= 11 is 0. The largest absolute Gasteiger partial charge is 0.494 e. The molecule has 0 aliphatic carbocycles. The van der Waals surface area contributed by atoms with Crippen molar-refractivity contribution in [2.75, 3.05) is 25.4 Å². The van der Waals surface area contributed by atoms with E-state index in [0.717, 1.165) is 12.8 Å². The zero-order valence-electron chi connectivity index (χ0n) is 10.7. The van der Waals surface area contributed by atoms with Gasteiger partial charge in [-0.2, -0.15) is 0 Å². The van der Waals surface area contributed by atoms with Crippen molar-refractivity contribution in [3.05, 3.63) is 30.1 Å². The van der Waals surface area contributed by atoms with E-state index in [1.165, 1.54) is 24.3 Å². The van der Waals surface area contributed by atoms with Crippen molar-refractivity contribution in [3.63, 3.8) is 0 Å². The van der Waals surface area contributed by atoms with Gasteiger partial charge in [-0.15, -0.1) is 0 Å². The Hall–Kier alpha value is -1.14. The SMILES string of the molecule is O=S(=O)(CCCOc1ccc(F)cc1)N1CCCC1. The predicted molar refractivity (Wildman–Crippen MR) is 71.1 cm³/mol. The molecule has 6 heteroatoms. The van der Waals surface area contributed by atoms with Crippen molar-refractivity contribution < 1.29 is 17.5 Å². The van der Waals surface area contributed by atoms with Crippen molar-refractivity contribution in [2.45, 2.75) is 19.3 Å². The van der Waals surface area contributed by atoms with E-state index in [0.29, 0.717) is 31.9 Å². The first kappa shape index (κ1) is 14.3. The van der Waals surface area contributed by atoms with Gasteiger partial charge in [0.25, 0.3) is 0 Å². The number of hydrogen-bond acceptors (Lipinski definition) is 3. The van der Waals surface area contributed by atoms with Crippen LogP contribution in [0.2, 0.25) is 0 Å². The lowest BCUT2D eigenvalue weighted by atomic mass is 10.3. The Balaban J connectivity index is 1.73. The maximum absolute atomic E-state index is 12.7. The fourth-order valence-corrected chi connectivity index (χ4v) is 3.61. The summed E-state index contributed by atoms with van der Waals surface area (Å²) in [5.41, 5.74) is 0. The van der Waals surface area contributed by atoms with Crippen LogP contribution in [0.1, 0.15) is 19.3 Å². The smallest absolute Gasteiger partial charge is 0.214 e. The van der Waals surface area contributed by atoms with Gasteiger partial charge < -0.3 is 4.74 Å². The molecule has 0 radical (unpaired) electrons. The van der Waals surface area contributed by atoms with Gasteiger partial charge in [0.15, 0.2) is 0 Å². The van der Waals surface area contributed by atoms with Gasteiger partial charge in [0, 0.05) is 13.1 Å². The Bertz CT molecular complexity index is 495. The molecule has 0 amide bonds. The summed E-state index contributed by atoms with van der Waals surface area (Å²) < 4.78 is 43.4. The molecule has 0 N–H and O–H groups in total. The molecular formula is C13H18FNO3S. The van der Waals surface area contributed by atoms with Crippen LogP contribution in [-0.4, -0.2) is 38.2 Å². The van der Waals surface area contributed by atoms with E-state index in [2.05, 4.69) is 0 Å². The van der Waals surface area contributed by atoms with Crippen molar-refractivity contribution in [1.29, 1.82) is 0 Å². The molecule has 0 atom stereocenters. The molecule has 1 fully saturated rings. The van der Waals surface area contributed by atoms with Crippen molar-refractivity contribution >= 4 is 10.0 Å². The third-order valence-corrected chi connectivity index (χ3v) is 5.04. The molecule has 106 valence electrons. The average molecular weight is 287 g/mol. The first-order chi connectivity index (χ1) is 9.08. The Morgan fingerprint density at radius 2 is 1.79 bits per heavy atom. The monoisotopic (exact) mass is 287 g/mol. The second kappa shape index (κ2) is 6.34. The van der Waals surface area contributed by atoms with Crippen LogP contribution >= 0.6 is 0 Å². The van der Waals surface area contributed by atoms with Gasteiger partial charge in [0.05, 0.1) is 12.4 Å². The highest BCUT2D eigenvalue weighted by atomic mass is 32.2. The van der Waals surface area contributed by atoms with Crippen LogP contribution in [0.3, 0.4) is 0 Å². The topological polar surface area (TPSA) is 46.6 Å². The zero-order chi connectivity index (χ0) is 13.7. The highest BCUT2D eigenvalue weighted by molar-refractivity contribution is 7.89. The van der Waals surface area contributed by atoms with E-state index in [1.807, 2.05) is 0 Å². The van der Waals surface area contributed by atoms with Crippen molar-refractivity contribution in [3.8, 4) is 5.75 Å². The number of halogens is 1. The lowest BCUT2D eigenvalue weighted by Crippen LogP contribution is -2.30. The fourth-order valence-electron chi connectivity index (χ4n) is 2.06. The Labute approximate surface area is 113 Å². The molecule has 4 nitrogen and oxygen atoms in total. The molecule has 0 saturated carbocycles. The van der Waals surface area contributed by atoms with Crippen LogP contribution in [0.25, 0.3) is 0 Å². The van der Waals surface area contributed by atoms with Crippen LogP contribution in [0.15, 0.2) is 24.3 Å². The number of ether oxygens (including phenoxy) is 1. The first-order valence-corrected chi connectivity index (χ1v) is 8.05. The third-order valence-electron chi connectivity index (χ3n) is 3.09. The molecule has 0 unspecified atom stereocenters.